The Labute approximate surface area is 139 Å². The number of aliphatic hydroxyl groups excluding tert-OH is 3. The van der Waals surface area contributed by atoms with Crippen molar-refractivity contribution in [2.75, 3.05) is 39.5 Å². The average Bonchev–Trinajstić information content (AvgIpc) is 2.48. The maximum atomic E-state index is 11.7. The summed E-state index contributed by atoms with van der Waals surface area (Å²) in [6.07, 6.45) is -0.257. The summed E-state index contributed by atoms with van der Waals surface area (Å²) in [5, 5.41) is 28.5. The highest BCUT2D eigenvalue weighted by atomic mass is 16.7. The highest BCUT2D eigenvalue weighted by molar-refractivity contribution is 5.60. The second-order valence-electron chi connectivity index (χ2n) is 6.91. The van der Waals surface area contributed by atoms with Crippen LogP contribution in [-0.2, 0) is 9.47 Å². The summed E-state index contributed by atoms with van der Waals surface area (Å²) in [4.78, 5) is 13.4. The van der Waals surface area contributed by atoms with Gasteiger partial charge in [0, 0.05) is 6.54 Å². The first kappa shape index (κ1) is 22.1. The van der Waals surface area contributed by atoms with Gasteiger partial charge >= 0.3 is 6.16 Å². The molecule has 0 aromatic rings. The van der Waals surface area contributed by atoms with Crippen LogP contribution >= 0.6 is 0 Å². The molecule has 138 valence electrons. The predicted octanol–water partition coefficient (Wildman–Crippen LogP) is 1.00. The van der Waals surface area contributed by atoms with Crippen molar-refractivity contribution in [3.05, 3.63) is 0 Å². The summed E-state index contributed by atoms with van der Waals surface area (Å²) in [5.41, 5.74) is -1.30. The van der Waals surface area contributed by atoms with Crippen LogP contribution in [0.25, 0.3) is 0 Å². The van der Waals surface area contributed by atoms with E-state index in [4.69, 9.17) is 9.47 Å². The number of carbonyl (C=O) groups excluding carboxylic acids is 1. The fourth-order valence-electron chi connectivity index (χ4n) is 1.90. The number of rotatable bonds is 10. The first-order valence-electron chi connectivity index (χ1n) is 8.08. The van der Waals surface area contributed by atoms with Gasteiger partial charge in [-0.1, -0.05) is 27.7 Å². The summed E-state index contributed by atoms with van der Waals surface area (Å²) in [5.74, 6) is 0. The fourth-order valence-corrected chi connectivity index (χ4v) is 1.90. The highest BCUT2D eigenvalue weighted by Gasteiger charge is 2.35. The number of nitrogens with zero attached hydrogens (tertiary/aromatic N) is 1. The number of ether oxygens (including phenoxy) is 2. The predicted molar refractivity (Wildman–Crippen MR) is 87.2 cm³/mol. The zero-order valence-electron chi connectivity index (χ0n) is 15.0. The molecule has 3 N–H and O–H groups in total. The third-order valence-electron chi connectivity index (χ3n) is 4.12. The zero-order chi connectivity index (χ0) is 18.1. The van der Waals surface area contributed by atoms with Gasteiger partial charge in [0.05, 0.1) is 25.4 Å². The van der Waals surface area contributed by atoms with Gasteiger partial charge in [-0.3, -0.25) is 4.90 Å². The van der Waals surface area contributed by atoms with Gasteiger partial charge in [0.1, 0.15) is 12.7 Å². The monoisotopic (exact) mass is 335 g/mol. The van der Waals surface area contributed by atoms with E-state index in [1.165, 1.54) is 0 Å². The van der Waals surface area contributed by atoms with Crippen LogP contribution in [0.5, 0.6) is 0 Å². The Balaban J connectivity index is 4.52. The molecule has 0 saturated heterocycles. The maximum Gasteiger partial charge on any atom is 0.508 e. The van der Waals surface area contributed by atoms with Crippen molar-refractivity contribution in [3.8, 4) is 0 Å². The number of carbonyl (C=O) groups is 1. The van der Waals surface area contributed by atoms with E-state index >= 15 is 0 Å². The third-order valence-corrected chi connectivity index (χ3v) is 4.12. The van der Waals surface area contributed by atoms with Crippen LogP contribution < -0.4 is 0 Å². The van der Waals surface area contributed by atoms with E-state index in [1.54, 1.807) is 11.8 Å². The molecule has 7 heteroatoms. The Bertz CT molecular complexity index is 330. The van der Waals surface area contributed by atoms with E-state index < -0.39 is 11.7 Å². The molecular formula is C16H33NO6. The molecule has 0 aromatic carbocycles. The Morgan fingerprint density at radius 2 is 1.61 bits per heavy atom. The van der Waals surface area contributed by atoms with Crippen LogP contribution in [0.4, 0.5) is 4.79 Å². The standard InChI is InChI=1S/C16H33NO6/c1-6-7-17(16(10-18,11-19)12-20)8-9-22-14(21)23-13(2)15(3,4)5/h13,18-20H,6-12H2,1-5H3/t13-/m1/s1. The molecule has 0 aliphatic heterocycles. The molecule has 0 amide bonds. The van der Waals surface area contributed by atoms with Gasteiger partial charge in [-0.2, -0.15) is 0 Å². The number of aliphatic hydroxyl groups is 3. The van der Waals surface area contributed by atoms with Crippen LogP contribution in [-0.4, -0.2) is 77.5 Å². The normalized spacial score (nSPS) is 14.0. The molecule has 0 rings (SSSR count). The zero-order valence-corrected chi connectivity index (χ0v) is 15.0. The first-order chi connectivity index (χ1) is 10.7. The summed E-state index contributed by atoms with van der Waals surface area (Å²) in [7, 11) is 0. The van der Waals surface area contributed by atoms with E-state index in [1.807, 2.05) is 27.7 Å². The quantitative estimate of drug-likeness (QED) is 0.512. The Kier molecular flexibility index (Phi) is 9.68. The van der Waals surface area contributed by atoms with E-state index in [2.05, 4.69) is 0 Å². The molecule has 0 aliphatic rings. The maximum absolute atomic E-state index is 11.7. The fraction of sp³-hybridized carbons (Fsp3) is 0.938. The Hall–Kier alpha value is -0.890. The SMILES string of the molecule is CCCN(CCOC(=O)O[C@H](C)C(C)(C)C)C(CO)(CO)CO. The average molecular weight is 335 g/mol. The lowest BCUT2D eigenvalue weighted by Crippen LogP contribution is -2.58. The number of hydrogen-bond donors (Lipinski definition) is 3. The molecule has 23 heavy (non-hydrogen) atoms. The first-order valence-corrected chi connectivity index (χ1v) is 8.08. The molecular weight excluding hydrogens is 302 g/mol. The molecule has 0 saturated carbocycles. The molecule has 7 nitrogen and oxygen atoms in total. The molecule has 0 bridgehead atoms. The van der Waals surface area contributed by atoms with E-state index in [0.29, 0.717) is 6.54 Å². The minimum atomic E-state index is -1.12. The third kappa shape index (κ3) is 7.03. The molecule has 0 radical (unpaired) electrons. The smallest absolute Gasteiger partial charge is 0.433 e. The van der Waals surface area contributed by atoms with Crippen molar-refractivity contribution in [3.63, 3.8) is 0 Å². The van der Waals surface area contributed by atoms with Gasteiger partial charge in [-0.25, -0.2) is 4.79 Å². The van der Waals surface area contributed by atoms with Gasteiger partial charge in [0.2, 0.25) is 0 Å². The molecule has 0 heterocycles. The molecule has 0 aliphatic carbocycles. The Morgan fingerprint density at radius 3 is 2.00 bits per heavy atom. The van der Waals surface area contributed by atoms with Crippen molar-refractivity contribution < 1.29 is 29.6 Å². The lowest BCUT2D eigenvalue weighted by atomic mass is 9.90. The summed E-state index contributed by atoms with van der Waals surface area (Å²) >= 11 is 0. The lowest BCUT2D eigenvalue weighted by Gasteiger charge is -2.40. The van der Waals surface area contributed by atoms with Gasteiger partial charge in [0.25, 0.3) is 0 Å². The van der Waals surface area contributed by atoms with Crippen LogP contribution in [0.1, 0.15) is 41.0 Å². The molecule has 0 unspecified atom stereocenters. The summed E-state index contributed by atoms with van der Waals surface area (Å²) in [6, 6.07) is 0. The lowest BCUT2D eigenvalue weighted by molar-refractivity contribution is -0.0596. The van der Waals surface area contributed by atoms with Crippen LogP contribution in [0, 0.1) is 5.41 Å². The van der Waals surface area contributed by atoms with Gasteiger partial charge in [-0.15, -0.1) is 0 Å². The minimum absolute atomic E-state index is 0.0530. The summed E-state index contributed by atoms with van der Waals surface area (Å²) in [6.45, 7) is 9.39. The number of hydrogen-bond acceptors (Lipinski definition) is 7. The van der Waals surface area contributed by atoms with Gasteiger partial charge in [0.15, 0.2) is 0 Å². The van der Waals surface area contributed by atoms with Crippen molar-refractivity contribution in [2.24, 2.45) is 5.41 Å². The van der Waals surface area contributed by atoms with Crippen molar-refractivity contribution in [1.29, 1.82) is 0 Å². The van der Waals surface area contributed by atoms with Crippen LogP contribution in [0.15, 0.2) is 0 Å². The van der Waals surface area contributed by atoms with E-state index in [-0.39, 0.29) is 44.5 Å². The van der Waals surface area contributed by atoms with Crippen molar-refractivity contribution in [2.45, 2.75) is 52.7 Å². The minimum Gasteiger partial charge on any atom is -0.433 e. The van der Waals surface area contributed by atoms with Crippen molar-refractivity contribution >= 4 is 6.16 Å². The van der Waals surface area contributed by atoms with Gasteiger partial charge in [-0.05, 0) is 25.3 Å². The molecule has 0 spiro atoms. The van der Waals surface area contributed by atoms with Crippen molar-refractivity contribution in [1.82, 2.24) is 4.90 Å². The second-order valence-corrected chi connectivity index (χ2v) is 6.91. The highest BCUT2D eigenvalue weighted by Crippen LogP contribution is 2.22. The van der Waals surface area contributed by atoms with Crippen LogP contribution in [0.3, 0.4) is 0 Å². The van der Waals surface area contributed by atoms with E-state index in [9.17, 15) is 20.1 Å². The second kappa shape index (κ2) is 10.1. The topological polar surface area (TPSA) is 99.5 Å². The van der Waals surface area contributed by atoms with E-state index in [0.717, 1.165) is 6.42 Å². The molecule has 1 atom stereocenters. The summed E-state index contributed by atoms with van der Waals surface area (Å²) < 4.78 is 10.3. The largest absolute Gasteiger partial charge is 0.508 e. The Morgan fingerprint density at radius 1 is 1.09 bits per heavy atom. The molecule has 0 aromatic heterocycles. The molecule has 0 fully saturated rings. The van der Waals surface area contributed by atoms with Gasteiger partial charge < -0.3 is 24.8 Å². The van der Waals surface area contributed by atoms with Crippen LogP contribution in [0.2, 0.25) is 0 Å².